The van der Waals surface area contributed by atoms with Gasteiger partial charge < -0.3 is 9.47 Å². The number of ketones is 1. The maximum Gasteiger partial charge on any atom is 0.319 e. The Morgan fingerprint density at radius 1 is 1.45 bits per heavy atom. The van der Waals surface area contributed by atoms with Crippen molar-refractivity contribution in [2.24, 2.45) is 5.92 Å². The maximum atomic E-state index is 12.4. The van der Waals surface area contributed by atoms with Crippen LogP contribution in [0.3, 0.4) is 0 Å². The van der Waals surface area contributed by atoms with Crippen LogP contribution in [0.15, 0.2) is 35.9 Å². The van der Waals surface area contributed by atoms with E-state index in [-0.39, 0.29) is 11.7 Å². The monoisotopic (exact) mass is 300 g/mol. The van der Waals surface area contributed by atoms with E-state index in [9.17, 15) is 9.59 Å². The Morgan fingerprint density at radius 3 is 2.95 bits per heavy atom. The van der Waals surface area contributed by atoms with E-state index >= 15 is 0 Å². The molecule has 114 valence electrons. The van der Waals surface area contributed by atoms with Gasteiger partial charge in [0, 0.05) is 36.7 Å². The number of aromatic nitrogens is 1. The van der Waals surface area contributed by atoms with Gasteiger partial charge in [-0.25, -0.2) is 0 Å². The molecule has 1 aromatic rings. The Labute approximate surface area is 127 Å². The molecule has 0 aromatic carbocycles. The zero-order valence-corrected chi connectivity index (χ0v) is 12.2. The summed E-state index contributed by atoms with van der Waals surface area (Å²) in [4.78, 5) is 28.6. The third kappa shape index (κ3) is 2.30. The number of esters is 1. The molecule has 6 heteroatoms. The van der Waals surface area contributed by atoms with Crippen LogP contribution in [0, 0.1) is 11.3 Å². The minimum atomic E-state index is -0.949. The zero-order valence-electron chi connectivity index (χ0n) is 12.2. The predicted octanol–water partition coefficient (Wildman–Crippen LogP) is 1.97. The first-order valence-corrected chi connectivity index (χ1v) is 7.13. The number of pyridine rings is 1. The van der Waals surface area contributed by atoms with E-state index < -0.39 is 17.8 Å². The van der Waals surface area contributed by atoms with Crippen molar-refractivity contribution in [2.45, 2.75) is 25.2 Å². The Hall–Kier alpha value is -2.50. The lowest BCUT2D eigenvalue weighted by molar-refractivity contribution is -0.144. The largest absolute Gasteiger partial charge is 0.468 e. The standard InChI is InChI=1S/C16H16N2O4/c1-21-16(20)14-12(9-4-3-7-18-8-9)13-10(19)5-2-6-11(13)22-15(14)17/h3-4,7-8,12,14,17H,2,5-6H2,1H3. The molecule has 2 aliphatic rings. The summed E-state index contributed by atoms with van der Waals surface area (Å²) in [5, 5.41) is 8.06. The Morgan fingerprint density at radius 2 is 2.27 bits per heavy atom. The van der Waals surface area contributed by atoms with Gasteiger partial charge in [0.25, 0.3) is 0 Å². The first-order valence-electron chi connectivity index (χ1n) is 7.13. The van der Waals surface area contributed by atoms with Crippen LogP contribution in [-0.2, 0) is 19.1 Å². The zero-order chi connectivity index (χ0) is 15.7. The molecule has 1 aliphatic heterocycles. The summed E-state index contributed by atoms with van der Waals surface area (Å²) in [5.41, 5.74) is 1.21. The molecule has 22 heavy (non-hydrogen) atoms. The molecule has 3 rings (SSSR count). The molecule has 6 nitrogen and oxygen atoms in total. The molecule has 2 unspecified atom stereocenters. The first kappa shape index (κ1) is 14.4. The van der Waals surface area contributed by atoms with Crippen molar-refractivity contribution in [2.75, 3.05) is 7.11 Å². The highest BCUT2D eigenvalue weighted by Crippen LogP contribution is 2.43. The number of nitrogens with zero attached hydrogens (tertiary/aromatic N) is 1. The number of hydrogen-bond donors (Lipinski definition) is 1. The summed E-state index contributed by atoms with van der Waals surface area (Å²) in [5.74, 6) is -1.79. The summed E-state index contributed by atoms with van der Waals surface area (Å²) < 4.78 is 10.3. The van der Waals surface area contributed by atoms with Gasteiger partial charge in [-0.05, 0) is 18.1 Å². The van der Waals surface area contributed by atoms with Crippen molar-refractivity contribution in [3.8, 4) is 0 Å². The molecule has 0 spiro atoms. The van der Waals surface area contributed by atoms with Gasteiger partial charge >= 0.3 is 5.97 Å². The van der Waals surface area contributed by atoms with Crippen LogP contribution < -0.4 is 0 Å². The molecule has 0 saturated carbocycles. The van der Waals surface area contributed by atoms with E-state index in [2.05, 4.69) is 4.98 Å². The highest BCUT2D eigenvalue weighted by Gasteiger charge is 2.46. The molecule has 1 aromatic heterocycles. The lowest BCUT2D eigenvalue weighted by Gasteiger charge is -2.35. The minimum absolute atomic E-state index is 0.0310. The number of nitrogens with one attached hydrogen (secondary N) is 1. The van der Waals surface area contributed by atoms with Gasteiger partial charge in [0.05, 0.1) is 7.11 Å². The third-order valence-electron chi connectivity index (χ3n) is 4.07. The quantitative estimate of drug-likeness (QED) is 0.843. The molecule has 0 saturated heterocycles. The van der Waals surface area contributed by atoms with Gasteiger partial charge in [-0.2, -0.15) is 0 Å². The second-order valence-corrected chi connectivity index (χ2v) is 5.34. The molecular formula is C16H16N2O4. The molecule has 0 radical (unpaired) electrons. The van der Waals surface area contributed by atoms with E-state index in [1.165, 1.54) is 7.11 Å². The van der Waals surface area contributed by atoms with E-state index in [1.54, 1.807) is 24.5 Å². The fourth-order valence-electron chi connectivity index (χ4n) is 3.09. The molecule has 2 atom stereocenters. The van der Waals surface area contributed by atoms with E-state index in [0.29, 0.717) is 36.2 Å². The predicted molar refractivity (Wildman–Crippen MR) is 77.2 cm³/mol. The Bertz CT molecular complexity index is 666. The summed E-state index contributed by atoms with van der Waals surface area (Å²) in [7, 11) is 1.27. The number of Topliss-reactive ketones (excluding diaryl/α,β-unsaturated/α-hetero) is 1. The highest BCUT2D eigenvalue weighted by atomic mass is 16.5. The van der Waals surface area contributed by atoms with Gasteiger partial charge in [0.1, 0.15) is 11.7 Å². The van der Waals surface area contributed by atoms with Gasteiger partial charge in [0.15, 0.2) is 5.78 Å². The van der Waals surface area contributed by atoms with Gasteiger partial charge in [-0.3, -0.25) is 20.0 Å². The lowest BCUT2D eigenvalue weighted by Crippen LogP contribution is -2.40. The molecular weight excluding hydrogens is 284 g/mol. The van der Waals surface area contributed by atoms with Crippen molar-refractivity contribution >= 4 is 17.7 Å². The average Bonchev–Trinajstić information content (AvgIpc) is 2.54. The summed E-state index contributed by atoms with van der Waals surface area (Å²) >= 11 is 0. The molecule has 0 amide bonds. The van der Waals surface area contributed by atoms with Crippen molar-refractivity contribution in [1.29, 1.82) is 5.41 Å². The maximum absolute atomic E-state index is 12.4. The molecule has 2 heterocycles. The molecule has 1 aliphatic carbocycles. The van der Waals surface area contributed by atoms with Gasteiger partial charge in [0.2, 0.25) is 5.90 Å². The van der Waals surface area contributed by atoms with E-state index in [4.69, 9.17) is 14.9 Å². The number of ether oxygens (including phenoxy) is 2. The van der Waals surface area contributed by atoms with Crippen LogP contribution in [0.2, 0.25) is 0 Å². The van der Waals surface area contributed by atoms with Crippen LogP contribution in [0.5, 0.6) is 0 Å². The lowest BCUT2D eigenvalue weighted by atomic mass is 9.74. The molecule has 0 fully saturated rings. The van der Waals surface area contributed by atoms with Crippen molar-refractivity contribution in [3.05, 3.63) is 41.4 Å². The highest BCUT2D eigenvalue weighted by molar-refractivity contribution is 6.06. The summed E-state index contributed by atoms with van der Waals surface area (Å²) in [6.45, 7) is 0. The van der Waals surface area contributed by atoms with Crippen molar-refractivity contribution in [3.63, 3.8) is 0 Å². The average molecular weight is 300 g/mol. The SMILES string of the molecule is COC(=O)C1C(=N)OC2=C(C(=O)CCC2)C1c1cccnc1. The minimum Gasteiger partial charge on any atom is -0.468 e. The Balaban J connectivity index is 2.16. The second kappa shape index (κ2) is 5.71. The van der Waals surface area contributed by atoms with Crippen LogP contribution >= 0.6 is 0 Å². The summed E-state index contributed by atoms with van der Waals surface area (Å²) in [6.07, 6.45) is 4.98. The number of carbonyl (C=O) groups is 2. The van der Waals surface area contributed by atoms with Crippen LogP contribution in [-0.4, -0.2) is 29.7 Å². The van der Waals surface area contributed by atoms with E-state index in [0.717, 1.165) is 0 Å². The number of carbonyl (C=O) groups excluding carboxylic acids is 2. The van der Waals surface area contributed by atoms with Crippen LogP contribution in [0.1, 0.15) is 30.7 Å². The van der Waals surface area contributed by atoms with Gasteiger partial charge in [-0.1, -0.05) is 6.07 Å². The number of methoxy groups -OCH3 is 1. The fourth-order valence-corrected chi connectivity index (χ4v) is 3.09. The molecule has 1 N–H and O–H groups in total. The van der Waals surface area contributed by atoms with Crippen molar-refractivity contribution in [1.82, 2.24) is 4.98 Å². The van der Waals surface area contributed by atoms with E-state index in [1.807, 2.05) is 0 Å². The first-order chi connectivity index (χ1) is 10.6. The van der Waals surface area contributed by atoms with Crippen LogP contribution in [0.25, 0.3) is 0 Å². The number of hydrogen-bond acceptors (Lipinski definition) is 6. The smallest absolute Gasteiger partial charge is 0.319 e. The topological polar surface area (TPSA) is 89.3 Å². The van der Waals surface area contributed by atoms with Crippen LogP contribution in [0.4, 0.5) is 0 Å². The summed E-state index contributed by atoms with van der Waals surface area (Å²) in [6, 6.07) is 3.55. The fraction of sp³-hybridized carbons (Fsp3) is 0.375. The Kier molecular flexibility index (Phi) is 3.75. The van der Waals surface area contributed by atoms with Gasteiger partial charge in [-0.15, -0.1) is 0 Å². The normalized spacial score (nSPS) is 24.6. The number of rotatable bonds is 2. The number of allylic oxidation sites excluding steroid dienone is 2. The molecule has 0 bridgehead atoms. The third-order valence-corrected chi connectivity index (χ3v) is 4.07. The second-order valence-electron chi connectivity index (χ2n) is 5.34. The van der Waals surface area contributed by atoms with Crippen molar-refractivity contribution < 1.29 is 19.1 Å².